The second-order valence-corrected chi connectivity index (χ2v) is 2.69. The van der Waals surface area contributed by atoms with Crippen LogP contribution in [0.4, 0.5) is 0 Å². The molecule has 0 atom stereocenters. The van der Waals surface area contributed by atoms with Crippen LogP contribution in [-0.2, 0) is 54.5 Å². The van der Waals surface area contributed by atoms with E-state index in [1.807, 2.05) is 18.7 Å². The normalized spacial score (nSPS) is 6.27. The quantitative estimate of drug-likeness (QED) is 0.171. The molecule has 0 heterocycles. The van der Waals surface area contributed by atoms with E-state index in [1.165, 1.54) is 0 Å². The van der Waals surface area contributed by atoms with E-state index in [9.17, 15) is 0 Å². The second kappa shape index (κ2) is 20.9. The largest absolute Gasteiger partial charge is 0 e. The van der Waals surface area contributed by atoms with Gasteiger partial charge in [-0.25, -0.2) is 0 Å². The Morgan fingerprint density at radius 2 is 1.60 bits per heavy atom. The van der Waals surface area contributed by atoms with Crippen molar-refractivity contribution in [3.63, 3.8) is 0 Å². The van der Waals surface area contributed by atoms with Gasteiger partial charge in [0.2, 0.25) is 0 Å². The Morgan fingerprint density at radius 1 is 1.40 bits per heavy atom. The van der Waals surface area contributed by atoms with Crippen molar-refractivity contribution in [3.8, 4) is 0 Å². The Morgan fingerprint density at radius 3 is 1.60 bits per heavy atom. The van der Waals surface area contributed by atoms with Gasteiger partial charge in [-0.3, -0.25) is 0 Å². The fourth-order valence-corrected chi connectivity index (χ4v) is 0.998. The van der Waals surface area contributed by atoms with Gasteiger partial charge in [0.05, 0.1) is 5.09 Å². The number of hydrogen-bond acceptors (Lipinski definition) is 5. The molecule has 0 unspecified atom stereocenters. The Balaban J connectivity index is -0.0000000424. The number of nitrogens with zero attached hydrogens (tertiary/aromatic N) is 2. The molecule has 0 aromatic heterocycles. The minimum Gasteiger partial charge on any atom is 0 e. The molecule has 0 aliphatic rings. The molecule has 0 saturated carbocycles. The molecule has 0 saturated heterocycles. The van der Waals surface area contributed by atoms with E-state index in [-0.39, 0.29) is 67.7 Å². The van der Waals surface area contributed by atoms with E-state index in [0.29, 0.717) is 4.32 Å². The van der Waals surface area contributed by atoms with Crippen LogP contribution in [-0.4, -0.2) is 53.2 Å². The maximum Gasteiger partial charge on any atom is 0 e. The van der Waals surface area contributed by atoms with Crippen LogP contribution < -0.4 is 0 Å². The van der Waals surface area contributed by atoms with E-state index in [0.717, 1.165) is 13.1 Å². The number of rotatable bonds is 2. The van der Waals surface area contributed by atoms with Gasteiger partial charge in [0.25, 0.3) is 0 Å². The first-order chi connectivity index (χ1) is 5.45. The smallest absolute Gasteiger partial charge is 0 e. The molecule has 0 fully saturated rings. The van der Waals surface area contributed by atoms with Gasteiger partial charge in [0.1, 0.15) is 0 Å². The molecule has 5 nitrogen and oxygen atoms in total. The van der Waals surface area contributed by atoms with Crippen LogP contribution in [0.2, 0.25) is 0 Å². The first-order valence-corrected chi connectivity index (χ1v) is 4.04. The Hall–Kier alpha value is 1.54. The van der Waals surface area contributed by atoms with Gasteiger partial charge in [-0.2, -0.15) is 0 Å². The molecule has 0 aromatic carbocycles. The summed E-state index contributed by atoms with van der Waals surface area (Å²) in [6.07, 6.45) is 0. The van der Waals surface area contributed by atoms with Crippen molar-refractivity contribution in [1.29, 1.82) is 0 Å². The predicted molar refractivity (Wildman–Crippen MR) is 63.2 cm³/mol. The molecule has 0 aliphatic carbocycles. The summed E-state index contributed by atoms with van der Waals surface area (Å²) in [4.78, 5) is 10.2. The van der Waals surface area contributed by atoms with Crippen LogP contribution in [0, 0.1) is 15.3 Å². The molecule has 91 valence electrons. The van der Waals surface area contributed by atoms with Crippen molar-refractivity contribution in [2.45, 2.75) is 13.8 Å². The van der Waals surface area contributed by atoms with Crippen molar-refractivity contribution in [3.05, 3.63) is 15.3 Å². The standard InChI is InChI=1S/C5H11NS2.Ag.In.NO3.Zn.3H/c1-3-6(4-2)5(7)8;;;2-1(3)4;;;;/h3-4H2,1-2H3,(H,7,8);;;;;;;/q;;;-1;;;;/p-1. The number of hydrogen-bond donors (Lipinski definition) is 0. The fraction of sp³-hybridized carbons (Fsp3) is 0.800. The third kappa shape index (κ3) is 31.3. The zero-order chi connectivity index (χ0) is 10.1. The van der Waals surface area contributed by atoms with Crippen molar-refractivity contribution < 1.29 is 46.9 Å². The van der Waals surface area contributed by atoms with Gasteiger partial charge in [-0.15, -0.1) is 0 Å². The van der Waals surface area contributed by atoms with Crippen LogP contribution in [0.1, 0.15) is 13.8 Å². The SMILES string of the molecule is CCN(CC)C(=S)[S-].O=[N+]([O-])[O-].[Ag].[InH3].[Zn]. The maximum absolute atomic E-state index is 8.25. The molecule has 0 spiro atoms. The van der Waals surface area contributed by atoms with Gasteiger partial charge < -0.3 is 45.1 Å². The van der Waals surface area contributed by atoms with Gasteiger partial charge in [-0.05, 0) is 13.8 Å². The summed E-state index contributed by atoms with van der Waals surface area (Å²) in [5.74, 6) is 0. The molecule has 15 heavy (non-hydrogen) atoms. The summed E-state index contributed by atoms with van der Waals surface area (Å²) < 4.78 is 0.579. The van der Waals surface area contributed by atoms with E-state index >= 15 is 0 Å². The Kier molecular flexibility index (Phi) is 41.8. The first-order valence-electron chi connectivity index (χ1n) is 3.23. The molecule has 0 rings (SSSR count). The average molecular weight is 501 g/mol. The van der Waals surface area contributed by atoms with E-state index in [4.69, 9.17) is 40.2 Å². The van der Waals surface area contributed by atoms with Gasteiger partial charge in [0.15, 0.2) is 0 Å². The van der Waals surface area contributed by atoms with Crippen LogP contribution in [0.15, 0.2) is 0 Å². The van der Waals surface area contributed by atoms with Crippen LogP contribution in [0.3, 0.4) is 0 Å². The van der Waals surface area contributed by atoms with Crippen molar-refractivity contribution in [2.75, 3.05) is 13.1 Å². The monoisotopic (exact) mass is 499 g/mol. The summed E-state index contributed by atoms with van der Waals surface area (Å²) >= 11 is 9.51. The van der Waals surface area contributed by atoms with Crippen LogP contribution in [0.25, 0.3) is 0 Å². The van der Waals surface area contributed by atoms with Crippen molar-refractivity contribution in [2.24, 2.45) is 0 Å². The minimum atomic E-state index is -1.75. The van der Waals surface area contributed by atoms with E-state index in [2.05, 4.69) is 0 Å². The third-order valence-electron chi connectivity index (χ3n) is 1.02. The summed E-state index contributed by atoms with van der Waals surface area (Å²) in [6.45, 7) is 5.95. The molecule has 0 aromatic rings. The second-order valence-electron chi connectivity index (χ2n) is 1.66. The van der Waals surface area contributed by atoms with E-state index < -0.39 is 5.09 Å². The predicted octanol–water partition coefficient (Wildman–Crippen LogP) is -0.268. The van der Waals surface area contributed by atoms with Crippen molar-refractivity contribution in [1.82, 2.24) is 4.90 Å². The first kappa shape index (κ1) is 30.0. The summed E-state index contributed by atoms with van der Waals surface area (Å²) in [6, 6.07) is 0. The molecule has 0 amide bonds. The maximum atomic E-state index is 8.25. The minimum absolute atomic E-state index is 0. The van der Waals surface area contributed by atoms with Gasteiger partial charge >= 0.3 is 25.8 Å². The molecule has 0 bridgehead atoms. The topological polar surface area (TPSA) is 69.4 Å². The summed E-state index contributed by atoms with van der Waals surface area (Å²) in [5.41, 5.74) is 0. The Labute approximate surface area is 147 Å². The number of thiocarbonyl (C=S) groups is 1. The molecule has 1 radical (unpaired) electrons. The Bertz CT molecular complexity index is 161. The summed E-state index contributed by atoms with van der Waals surface area (Å²) in [5, 5.41) is 14.8. The van der Waals surface area contributed by atoms with Gasteiger partial charge in [0, 0.05) is 54.9 Å². The zero-order valence-electron chi connectivity index (χ0n) is 7.86. The van der Waals surface area contributed by atoms with Crippen LogP contribution in [0.5, 0.6) is 0 Å². The summed E-state index contributed by atoms with van der Waals surface area (Å²) in [7, 11) is 0. The average Bonchev–Trinajstić information content (AvgIpc) is 1.87. The molecule has 10 heteroatoms. The zero-order valence-corrected chi connectivity index (χ0v) is 13.9. The van der Waals surface area contributed by atoms with Gasteiger partial charge in [-0.1, -0.05) is 4.32 Å². The van der Waals surface area contributed by atoms with E-state index in [1.54, 1.807) is 0 Å². The molecule has 0 aliphatic heterocycles. The molecular weight excluding hydrogens is 488 g/mol. The fourth-order valence-electron chi connectivity index (χ4n) is 0.482. The molecule has 0 N–H and O–H groups in total. The van der Waals surface area contributed by atoms with Crippen LogP contribution >= 0.6 is 12.2 Å². The third-order valence-corrected chi connectivity index (χ3v) is 1.54. The molecular formula is C5H13AgInN2O3S2Zn-2. The van der Waals surface area contributed by atoms with Crippen molar-refractivity contribution >= 4 is 55.0 Å².